The molecule has 1 aromatic rings. The zero-order valence-corrected chi connectivity index (χ0v) is 14.9. The zero-order chi connectivity index (χ0) is 17.8. The molecular formula is C17H22ClN5O2. The predicted octanol–water partition coefficient (Wildman–Crippen LogP) is 1.16. The van der Waals surface area contributed by atoms with Gasteiger partial charge in [-0.3, -0.25) is 14.9 Å². The van der Waals surface area contributed by atoms with E-state index in [1.165, 1.54) is 0 Å². The minimum absolute atomic E-state index is 0.0534. The van der Waals surface area contributed by atoms with Gasteiger partial charge in [0.25, 0.3) is 0 Å². The van der Waals surface area contributed by atoms with Crippen molar-refractivity contribution < 1.29 is 9.59 Å². The number of hydrogen-bond acceptors (Lipinski definition) is 5. The van der Waals surface area contributed by atoms with Crippen LogP contribution in [0.15, 0.2) is 29.3 Å². The lowest BCUT2D eigenvalue weighted by atomic mass is 10.1. The maximum atomic E-state index is 12.5. The van der Waals surface area contributed by atoms with Crippen LogP contribution in [-0.4, -0.2) is 66.3 Å². The average molecular weight is 364 g/mol. The standard InChI is InChI=1S/C17H22ClN5O2/c1-2-22-7-9-23(10-8-22)17-20-14(11-15(24)21-17)16(25)19-13-5-3-12(18)4-6-13/h3-6,14H,2,7-11H2,1H3,(H,19,25)(H,20,21,24). The number of aliphatic imine (C=N–C) groups is 1. The third-order valence-electron chi connectivity index (χ3n) is 4.44. The van der Waals surface area contributed by atoms with Crippen molar-refractivity contribution in [2.24, 2.45) is 4.99 Å². The number of carbonyl (C=O) groups is 2. The Morgan fingerprint density at radius 3 is 2.60 bits per heavy atom. The molecular weight excluding hydrogens is 342 g/mol. The molecule has 0 aliphatic carbocycles. The smallest absolute Gasteiger partial charge is 0.249 e. The number of guanidine groups is 1. The first-order valence-electron chi connectivity index (χ1n) is 8.46. The number of nitrogens with zero attached hydrogens (tertiary/aromatic N) is 3. The van der Waals surface area contributed by atoms with Gasteiger partial charge < -0.3 is 15.1 Å². The highest BCUT2D eigenvalue weighted by molar-refractivity contribution is 6.30. The highest BCUT2D eigenvalue weighted by atomic mass is 35.5. The van der Waals surface area contributed by atoms with Crippen LogP contribution in [0.25, 0.3) is 0 Å². The minimum atomic E-state index is -0.719. The van der Waals surface area contributed by atoms with Gasteiger partial charge in [0.2, 0.25) is 17.8 Å². The van der Waals surface area contributed by atoms with Crippen LogP contribution in [0.2, 0.25) is 5.02 Å². The van der Waals surface area contributed by atoms with E-state index in [0.717, 1.165) is 32.7 Å². The van der Waals surface area contributed by atoms with E-state index in [0.29, 0.717) is 16.7 Å². The quantitative estimate of drug-likeness (QED) is 0.845. The number of benzene rings is 1. The van der Waals surface area contributed by atoms with Gasteiger partial charge >= 0.3 is 0 Å². The molecule has 1 saturated heterocycles. The van der Waals surface area contributed by atoms with Crippen molar-refractivity contribution in [2.45, 2.75) is 19.4 Å². The molecule has 0 saturated carbocycles. The molecule has 2 N–H and O–H groups in total. The van der Waals surface area contributed by atoms with Crippen LogP contribution in [0.5, 0.6) is 0 Å². The molecule has 1 aromatic carbocycles. The van der Waals surface area contributed by atoms with E-state index in [-0.39, 0.29) is 18.2 Å². The first-order chi connectivity index (χ1) is 12.0. The normalized spacial score (nSPS) is 21.5. The Balaban J connectivity index is 1.67. The number of nitrogens with one attached hydrogen (secondary N) is 2. The van der Waals surface area contributed by atoms with Gasteiger partial charge in [0, 0.05) is 36.9 Å². The number of carbonyl (C=O) groups excluding carboxylic acids is 2. The van der Waals surface area contributed by atoms with E-state index >= 15 is 0 Å². The van der Waals surface area contributed by atoms with Crippen molar-refractivity contribution >= 4 is 35.1 Å². The van der Waals surface area contributed by atoms with Gasteiger partial charge in [-0.05, 0) is 30.8 Å². The Morgan fingerprint density at radius 1 is 1.28 bits per heavy atom. The number of amides is 2. The van der Waals surface area contributed by atoms with Gasteiger partial charge in [-0.15, -0.1) is 0 Å². The molecule has 1 unspecified atom stereocenters. The summed E-state index contributed by atoms with van der Waals surface area (Å²) in [5, 5.41) is 6.18. The Bertz CT molecular complexity index is 668. The molecule has 7 nitrogen and oxygen atoms in total. The second-order valence-corrected chi connectivity index (χ2v) is 6.57. The van der Waals surface area contributed by atoms with Crippen molar-refractivity contribution in [1.82, 2.24) is 15.1 Å². The van der Waals surface area contributed by atoms with E-state index in [9.17, 15) is 9.59 Å². The summed E-state index contributed by atoms with van der Waals surface area (Å²) in [5.41, 5.74) is 0.633. The van der Waals surface area contributed by atoms with Crippen molar-refractivity contribution in [3.8, 4) is 0 Å². The second kappa shape index (κ2) is 7.84. The van der Waals surface area contributed by atoms with Gasteiger partial charge in [-0.2, -0.15) is 0 Å². The van der Waals surface area contributed by atoms with Crippen molar-refractivity contribution in [3.05, 3.63) is 29.3 Å². The van der Waals surface area contributed by atoms with Crippen LogP contribution in [-0.2, 0) is 9.59 Å². The van der Waals surface area contributed by atoms with Gasteiger partial charge in [0.05, 0.1) is 6.42 Å². The molecule has 2 heterocycles. The summed E-state index contributed by atoms with van der Waals surface area (Å²) in [6.45, 7) is 6.57. The van der Waals surface area contributed by atoms with E-state index < -0.39 is 6.04 Å². The Morgan fingerprint density at radius 2 is 1.96 bits per heavy atom. The minimum Gasteiger partial charge on any atom is -0.340 e. The Hall–Kier alpha value is -2.12. The van der Waals surface area contributed by atoms with Crippen molar-refractivity contribution in [1.29, 1.82) is 0 Å². The Labute approximate surface area is 152 Å². The molecule has 0 bridgehead atoms. The summed E-state index contributed by atoms with van der Waals surface area (Å²) in [4.78, 5) is 33.3. The lowest BCUT2D eigenvalue weighted by Crippen LogP contribution is -2.56. The van der Waals surface area contributed by atoms with E-state index in [4.69, 9.17) is 11.6 Å². The number of rotatable bonds is 3. The number of anilines is 1. The number of hydrogen-bond donors (Lipinski definition) is 2. The molecule has 2 aliphatic heterocycles. The second-order valence-electron chi connectivity index (χ2n) is 6.14. The summed E-state index contributed by atoms with van der Waals surface area (Å²) in [5.74, 6) is 0.0318. The molecule has 0 radical (unpaired) electrons. The molecule has 2 amide bonds. The summed E-state index contributed by atoms with van der Waals surface area (Å²) in [7, 11) is 0. The van der Waals surface area contributed by atoms with Crippen LogP contribution < -0.4 is 10.6 Å². The van der Waals surface area contributed by atoms with Crippen LogP contribution in [0.3, 0.4) is 0 Å². The first-order valence-corrected chi connectivity index (χ1v) is 8.84. The van der Waals surface area contributed by atoms with Crippen LogP contribution in [0.4, 0.5) is 5.69 Å². The van der Waals surface area contributed by atoms with Crippen molar-refractivity contribution in [3.63, 3.8) is 0 Å². The van der Waals surface area contributed by atoms with E-state index in [2.05, 4.69) is 27.4 Å². The molecule has 8 heteroatoms. The molecule has 2 aliphatic rings. The van der Waals surface area contributed by atoms with Gasteiger partial charge in [0.1, 0.15) is 6.04 Å². The van der Waals surface area contributed by atoms with E-state index in [1.54, 1.807) is 24.3 Å². The summed E-state index contributed by atoms with van der Waals surface area (Å²) < 4.78 is 0. The highest BCUT2D eigenvalue weighted by Gasteiger charge is 2.30. The lowest BCUT2D eigenvalue weighted by molar-refractivity contribution is -0.125. The topological polar surface area (TPSA) is 77.0 Å². The highest BCUT2D eigenvalue weighted by Crippen LogP contribution is 2.16. The monoisotopic (exact) mass is 363 g/mol. The largest absolute Gasteiger partial charge is 0.340 e. The maximum Gasteiger partial charge on any atom is 0.249 e. The maximum absolute atomic E-state index is 12.5. The molecule has 1 atom stereocenters. The van der Waals surface area contributed by atoms with E-state index in [1.807, 2.05) is 4.90 Å². The number of likely N-dealkylation sites (N-methyl/N-ethyl adjacent to an activating group) is 1. The number of piperazine rings is 1. The fourth-order valence-corrected chi connectivity index (χ4v) is 3.05. The molecule has 0 spiro atoms. The fraction of sp³-hybridized carbons (Fsp3) is 0.471. The zero-order valence-electron chi connectivity index (χ0n) is 14.2. The van der Waals surface area contributed by atoms with Crippen LogP contribution in [0.1, 0.15) is 13.3 Å². The lowest BCUT2D eigenvalue weighted by Gasteiger charge is -2.37. The molecule has 0 aromatic heterocycles. The predicted molar refractivity (Wildman–Crippen MR) is 97.8 cm³/mol. The van der Waals surface area contributed by atoms with Crippen molar-refractivity contribution in [2.75, 3.05) is 38.0 Å². The summed E-state index contributed by atoms with van der Waals surface area (Å²) >= 11 is 5.85. The molecule has 25 heavy (non-hydrogen) atoms. The third-order valence-corrected chi connectivity index (χ3v) is 4.69. The molecule has 1 fully saturated rings. The third kappa shape index (κ3) is 4.49. The molecule has 3 rings (SSSR count). The Kier molecular flexibility index (Phi) is 5.55. The first kappa shape index (κ1) is 17.7. The SMILES string of the molecule is CCN1CCN(C2=NC(C(=O)Nc3ccc(Cl)cc3)CC(=O)N2)CC1. The summed E-state index contributed by atoms with van der Waals surface area (Å²) in [6.07, 6.45) is 0.0534. The average Bonchev–Trinajstić information content (AvgIpc) is 2.63. The fourth-order valence-electron chi connectivity index (χ4n) is 2.92. The van der Waals surface area contributed by atoms with Crippen LogP contribution >= 0.6 is 11.6 Å². The van der Waals surface area contributed by atoms with Gasteiger partial charge in [0.15, 0.2) is 0 Å². The molecule has 134 valence electrons. The summed E-state index contributed by atoms with van der Waals surface area (Å²) in [6, 6.07) is 6.12. The number of halogens is 1. The van der Waals surface area contributed by atoms with Crippen LogP contribution in [0, 0.1) is 0 Å². The van der Waals surface area contributed by atoms with Gasteiger partial charge in [-0.1, -0.05) is 18.5 Å². The van der Waals surface area contributed by atoms with Gasteiger partial charge in [-0.25, -0.2) is 4.99 Å².